The third kappa shape index (κ3) is 4.71. The van der Waals surface area contributed by atoms with E-state index in [2.05, 4.69) is 22.6 Å². The Hall–Kier alpha value is -1.60. The van der Waals surface area contributed by atoms with Crippen LogP contribution in [0.3, 0.4) is 0 Å². The number of amides is 1. The number of nitrogens with two attached hydrogens (primary N) is 1. The molecular weight excluding hydrogens is 420 g/mol. The molecule has 0 atom stereocenters. The van der Waals surface area contributed by atoms with Gasteiger partial charge in [-0.15, -0.1) is 0 Å². The Kier molecular flexibility index (Phi) is 5.79. The van der Waals surface area contributed by atoms with E-state index in [-0.39, 0.29) is 12.4 Å². The molecular formula is C16H12ClFINO2. The topological polar surface area (TPSA) is 52.3 Å². The zero-order valence-corrected chi connectivity index (χ0v) is 14.3. The van der Waals surface area contributed by atoms with Crippen LogP contribution in [0, 0.1) is 9.39 Å². The Balaban J connectivity index is 2.08. The minimum Gasteiger partial charge on any atom is -0.488 e. The van der Waals surface area contributed by atoms with Gasteiger partial charge in [0.2, 0.25) is 5.91 Å². The van der Waals surface area contributed by atoms with E-state index in [0.717, 1.165) is 9.13 Å². The molecule has 1 amide bonds. The lowest BCUT2D eigenvalue weighted by molar-refractivity contribution is -0.113. The van der Waals surface area contributed by atoms with Crippen molar-refractivity contribution in [1.82, 2.24) is 0 Å². The number of carbonyl (C=O) groups excluding carboxylic acids is 1. The second kappa shape index (κ2) is 7.60. The van der Waals surface area contributed by atoms with E-state index < -0.39 is 5.91 Å². The summed E-state index contributed by atoms with van der Waals surface area (Å²) >= 11 is 8.09. The Labute approximate surface area is 146 Å². The van der Waals surface area contributed by atoms with Crippen LogP contribution in [0.15, 0.2) is 42.5 Å². The van der Waals surface area contributed by atoms with Crippen LogP contribution in [-0.4, -0.2) is 5.91 Å². The van der Waals surface area contributed by atoms with Crippen LogP contribution in [-0.2, 0) is 11.4 Å². The first-order chi connectivity index (χ1) is 10.5. The van der Waals surface area contributed by atoms with Gasteiger partial charge in [0.05, 0.1) is 8.59 Å². The van der Waals surface area contributed by atoms with Crippen molar-refractivity contribution in [2.24, 2.45) is 5.73 Å². The molecule has 0 aliphatic heterocycles. The van der Waals surface area contributed by atoms with Gasteiger partial charge in [0.15, 0.2) is 0 Å². The number of benzene rings is 2. The van der Waals surface area contributed by atoms with Crippen molar-refractivity contribution >= 4 is 46.2 Å². The van der Waals surface area contributed by atoms with Gasteiger partial charge in [-0.05, 0) is 58.5 Å². The first-order valence-corrected chi connectivity index (χ1v) is 7.75. The van der Waals surface area contributed by atoms with Crippen LogP contribution in [0.5, 0.6) is 5.75 Å². The van der Waals surface area contributed by atoms with Crippen LogP contribution >= 0.6 is 34.2 Å². The zero-order valence-electron chi connectivity index (χ0n) is 11.4. The molecule has 22 heavy (non-hydrogen) atoms. The summed E-state index contributed by atoms with van der Waals surface area (Å²) in [5, 5.41) is 0.330. The molecule has 0 fully saturated rings. The molecule has 2 rings (SSSR count). The summed E-state index contributed by atoms with van der Waals surface area (Å²) in [7, 11) is 0. The lowest BCUT2D eigenvalue weighted by atomic mass is 10.2. The quantitative estimate of drug-likeness (QED) is 0.571. The monoisotopic (exact) mass is 431 g/mol. The Morgan fingerprint density at radius 1 is 1.32 bits per heavy atom. The smallest absolute Gasteiger partial charge is 0.241 e. The predicted molar refractivity (Wildman–Crippen MR) is 93.1 cm³/mol. The standard InChI is InChI=1S/C16H12ClFINO2/c17-13-8-12(18)4-3-11(13)9-22-15-5-1-10(7-14(15)19)2-6-16(20)21/h1-8H,9H2,(H2,20,21)/b6-2+. The van der Waals surface area contributed by atoms with Gasteiger partial charge < -0.3 is 10.5 Å². The van der Waals surface area contributed by atoms with Gasteiger partial charge in [-0.25, -0.2) is 4.39 Å². The molecule has 0 unspecified atom stereocenters. The highest BCUT2D eigenvalue weighted by molar-refractivity contribution is 14.1. The SMILES string of the molecule is NC(=O)/C=C/c1ccc(OCc2ccc(F)cc2Cl)c(I)c1. The number of ether oxygens (including phenoxy) is 1. The molecule has 6 heteroatoms. The van der Waals surface area contributed by atoms with Crippen molar-refractivity contribution in [1.29, 1.82) is 0 Å². The van der Waals surface area contributed by atoms with Crippen molar-refractivity contribution in [2.45, 2.75) is 6.61 Å². The summed E-state index contributed by atoms with van der Waals surface area (Å²) in [4.78, 5) is 10.7. The van der Waals surface area contributed by atoms with Crippen LogP contribution < -0.4 is 10.5 Å². The molecule has 114 valence electrons. The minimum atomic E-state index is -0.499. The fourth-order valence-corrected chi connectivity index (χ4v) is 2.63. The highest BCUT2D eigenvalue weighted by Crippen LogP contribution is 2.25. The third-order valence-corrected chi connectivity index (χ3v) is 3.99. The molecule has 0 spiro atoms. The van der Waals surface area contributed by atoms with E-state index in [4.69, 9.17) is 22.1 Å². The fourth-order valence-electron chi connectivity index (χ4n) is 1.71. The van der Waals surface area contributed by atoms with E-state index in [9.17, 15) is 9.18 Å². The van der Waals surface area contributed by atoms with E-state index in [1.54, 1.807) is 18.2 Å². The molecule has 0 aliphatic carbocycles. The van der Waals surface area contributed by atoms with Crippen molar-refractivity contribution < 1.29 is 13.9 Å². The van der Waals surface area contributed by atoms with Crippen LogP contribution in [0.2, 0.25) is 5.02 Å². The second-order valence-electron chi connectivity index (χ2n) is 4.45. The number of hydrogen-bond acceptors (Lipinski definition) is 2. The number of halogens is 3. The minimum absolute atomic E-state index is 0.242. The summed E-state index contributed by atoms with van der Waals surface area (Å²) in [6, 6.07) is 9.65. The Morgan fingerprint density at radius 3 is 2.73 bits per heavy atom. The third-order valence-electron chi connectivity index (χ3n) is 2.79. The number of hydrogen-bond donors (Lipinski definition) is 1. The number of carbonyl (C=O) groups is 1. The maximum Gasteiger partial charge on any atom is 0.241 e. The molecule has 2 N–H and O–H groups in total. The van der Waals surface area contributed by atoms with Gasteiger partial charge in [-0.2, -0.15) is 0 Å². The zero-order chi connectivity index (χ0) is 16.1. The van der Waals surface area contributed by atoms with E-state index in [1.807, 2.05) is 12.1 Å². The van der Waals surface area contributed by atoms with Gasteiger partial charge in [0.1, 0.15) is 18.2 Å². The molecule has 0 heterocycles. The Bertz CT molecular complexity index is 734. The molecule has 0 saturated carbocycles. The maximum atomic E-state index is 13.0. The van der Waals surface area contributed by atoms with Crippen molar-refractivity contribution in [3.63, 3.8) is 0 Å². The highest BCUT2D eigenvalue weighted by atomic mass is 127. The predicted octanol–water partition coefficient (Wildman–Crippen LogP) is 4.16. The first kappa shape index (κ1) is 16.8. The first-order valence-electron chi connectivity index (χ1n) is 6.29. The van der Waals surface area contributed by atoms with Crippen LogP contribution in [0.25, 0.3) is 6.08 Å². The summed E-state index contributed by atoms with van der Waals surface area (Å²) in [6.45, 7) is 0.242. The summed E-state index contributed by atoms with van der Waals surface area (Å²) in [5.74, 6) is -0.201. The van der Waals surface area contributed by atoms with Crippen molar-refractivity contribution in [2.75, 3.05) is 0 Å². The lowest BCUT2D eigenvalue weighted by Gasteiger charge is -2.10. The molecule has 0 bridgehead atoms. The molecule has 0 radical (unpaired) electrons. The van der Waals surface area contributed by atoms with Gasteiger partial charge >= 0.3 is 0 Å². The summed E-state index contributed by atoms with van der Waals surface area (Å²) in [6.07, 6.45) is 2.93. The van der Waals surface area contributed by atoms with Gasteiger partial charge in [0.25, 0.3) is 0 Å². The average molecular weight is 432 g/mol. The van der Waals surface area contributed by atoms with E-state index in [0.29, 0.717) is 16.3 Å². The van der Waals surface area contributed by atoms with Crippen molar-refractivity contribution in [3.8, 4) is 5.75 Å². The van der Waals surface area contributed by atoms with Crippen LogP contribution in [0.4, 0.5) is 4.39 Å². The van der Waals surface area contributed by atoms with Crippen molar-refractivity contribution in [3.05, 3.63) is 68.0 Å². The molecule has 0 aromatic heterocycles. The largest absolute Gasteiger partial charge is 0.488 e. The molecule has 2 aromatic carbocycles. The molecule has 2 aromatic rings. The van der Waals surface area contributed by atoms with E-state index >= 15 is 0 Å². The van der Waals surface area contributed by atoms with Gasteiger partial charge in [0, 0.05) is 11.6 Å². The fraction of sp³-hybridized carbons (Fsp3) is 0.0625. The van der Waals surface area contributed by atoms with Gasteiger partial charge in [-0.1, -0.05) is 23.7 Å². The summed E-state index contributed by atoms with van der Waals surface area (Å²) < 4.78 is 19.6. The lowest BCUT2D eigenvalue weighted by Crippen LogP contribution is -2.05. The molecule has 0 aliphatic rings. The Morgan fingerprint density at radius 2 is 2.09 bits per heavy atom. The maximum absolute atomic E-state index is 13.0. The summed E-state index contributed by atoms with van der Waals surface area (Å²) in [5.41, 5.74) is 6.60. The number of rotatable bonds is 5. The highest BCUT2D eigenvalue weighted by Gasteiger charge is 2.06. The van der Waals surface area contributed by atoms with Gasteiger partial charge in [-0.3, -0.25) is 4.79 Å². The van der Waals surface area contributed by atoms with E-state index in [1.165, 1.54) is 18.2 Å². The number of primary amides is 1. The average Bonchev–Trinajstić information content (AvgIpc) is 2.45. The molecule has 3 nitrogen and oxygen atoms in total. The molecule has 0 saturated heterocycles. The normalized spacial score (nSPS) is 10.9. The van der Waals surface area contributed by atoms with Crippen LogP contribution in [0.1, 0.15) is 11.1 Å². The second-order valence-corrected chi connectivity index (χ2v) is 6.02.